The average Bonchev–Trinajstić information content (AvgIpc) is 2.81. The van der Waals surface area contributed by atoms with Crippen LogP contribution in [-0.4, -0.2) is 17.5 Å². The first-order valence-corrected chi connectivity index (χ1v) is 7.74. The zero-order valence-electron chi connectivity index (χ0n) is 10.5. The lowest BCUT2D eigenvalue weighted by Crippen LogP contribution is -1.86. The van der Waals surface area contributed by atoms with Crippen molar-refractivity contribution in [1.82, 2.24) is 0 Å². The largest absolute Gasteiger partial charge is 0.396 e. The van der Waals surface area contributed by atoms with Crippen LogP contribution in [0.4, 0.5) is 0 Å². The Labute approximate surface area is 109 Å². The first kappa shape index (κ1) is 13.0. The lowest BCUT2D eigenvalue weighted by Gasteiger charge is -2.04. The fraction of sp³-hybridized carbons (Fsp3) is 0.600. The van der Waals surface area contributed by atoms with Gasteiger partial charge < -0.3 is 5.11 Å². The third-order valence-corrected chi connectivity index (χ3v) is 4.47. The van der Waals surface area contributed by atoms with Gasteiger partial charge in [-0.2, -0.15) is 0 Å². The normalized spacial score (nSPS) is 13.9. The van der Waals surface area contributed by atoms with Crippen molar-refractivity contribution in [2.75, 3.05) is 12.4 Å². The Morgan fingerprint density at radius 1 is 1.00 bits per heavy atom. The smallest absolute Gasteiger partial charge is 0.0431 e. The maximum atomic E-state index is 8.69. The van der Waals surface area contributed by atoms with Crippen LogP contribution in [0.3, 0.4) is 0 Å². The van der Waals surface area contributed by atoms with E-state index in [1.54, 1.807) is 11.1 Å². The second-order valence-corrected chi connectivity index (χ2v) is 5.94. The van der Waals surface area contributed by atoms with Gasteiger partial charge in [-0.25, -0.2) is 0 Å². The number of aliphatic hydroxyl groups is 1. The van der Waals surface area contributed by atoms with Gasteiger partial charge in [0.05, 0.1) is 0 Å². The minimum absolute atomic E-state index is 0.345. The van der Waals surface area contributed by atoms with Gasteiger partial charge in [0.2, 0.25) is 0 Å². The number of aryl methyl sites for hydroxylation is 2. The van der Waals surface area contributed by atoms with Gasteiger partial charge >= 0.3 is 0 Å². The maximum absolute atomic E-state index is 8.69. The zero-order valence-corrected chi connectivity index (χ0v) is 11.3. The summed E-state index contributed by atoms with van der Waals surface area (Å²) in [5, 5.41) is 8.69. The molecule has 0 saturated heterocycles. The molecule has 0 unspecified atom stereocenters. The molecule has 0 bridgehead atoms. The lowest BCUT2D eigenvalue weighted by atomic mass is 10.1. The summed E-state index contributed by atoms with van der Waals surface area (Å²) in [5.74, 6) is 1.21. The highest BCUT2D eigenvalue weighted by atomic mass is 32.2. The number of benzene rings is 1. The van der Waals surface area contributed by atoms with Gasteiger partial charge in [-0.3, -0.25) is 0 Å². The Hall–Kier alpha value is -0.470. The molecule has 0 radical (unpaired) electrons. The van der Waals surface area contributed by atoms with E-state index in [1.807, 2.05) is 11.8 Å². The number of thioether (sulfide) groups is 1. The van der Waals surface area contributed by atoms with Crippen LogP contribution in [0.25, 0.3) is 0 Å². The van der Waals surface area contributed by atoms with Gasteiger partial charge in [-0.1, -0.05) is 18.9 Å². The minimum atomic E-state index is 0.345. The molecule has 0 heterocycles. The van der Waals surface area contributed by atoms with E-state index in [0.29, 0.717) is 6.61 Å². The van der Waals surface area contributed by atoms with E-state index in [1.165, 1.54) is 49.2 Å². The van der Waals surface area contributed by atoms with E-state index < -0.39 is 0 Å². The molecule has 17 heavy (non-hydrogen) atoms. The second-order valence-electron chi connectivity index (χ2n) is 4.77. The highest BCUT2D eigenvalue weighted by Gasteiger charge is 2.10. The molecule has 1 N–H and O–H groups in total. The summed E-state index contributed by atoms with van der Waals surface area (Å²) in [6, 6.07) is 6.99. The number of hydrogen-bond donors (Lipinski definition) is 1. The first-order valence-electron chi connectivity index (χ1n) is 6.75. The Morgan fingerprint density at radius 2 is 1.82 bits per heavy atom. The summed E-state index contributed by atoms with van der Waals surface area (Å²) in [7, 11) is 0. The highest BCUT2D eigenvalue weighted by Crippen LogP contribution is 2.28. The monoisotopic (exact) mass is 250 g/mol. The van der Waals surface area contributed by atoms with E-state index >= 15 is 0 Å². The van der Waals surface area contributed by atoms with Crippen molar-refractivity contribution in [1.29, 1.82) is 0 Å². The van der Waals surface area contributed by atoms with Crippen molar-refractivity contribution in [3.8, 4) is 0 Å². The summed E-state index contributed by atoms with van der Waals surface area (Å²) in [5.41, 5.74) is 3.15. The quantitative estimate of drug-likeness (QED) is 0.586. The van der Waals surface area contributed by atoms with Crippen LogP contribution in [-0.2, 0) is 12.8 Å². The number of rotatable bonds is 7. The molecule has 2 rings (SSSR count). The summed E-state index contributed by atoms with van der Waals surface area (Å²) in [6.45, 7) is 0.345. The molecule has 94 valence electrons. The molecule has 2 heteroatoms. The van der Waals surface area contributed by atoms with E-state index in [9.17, 15) is 0 Å². The van der Waals surface area contributed by atoms with Crippen LogP contribution < -0.4 is 0 Å². The Balaban J connectivity index is 1.69. The van der Waals surface area contributed by atoms with Crippen LogP contribution in [0.2, 0.25) is 0 Å². The number of hydrogen-bond acceptors (Lipinski definition) is 2. The van der Waals surface area contributed by atoms with Gasteiger partial charge in [-0.05, 0) is 61.1 Å². The van der Waals surface area contributed by atoms with E-state index in [-0.39, 0.29) is 0 Å². The molecule has 0 aromatic heterocycles. The Morgan fingerprint density at radius 3 is 2.71 bits per heavy atom. The van der Waals surface area contributed by atoms with Gasteiger partial charge in [0.1, 0.15) is 0 Å². The summed E-state index contributed by atoms with van der Waals surface area (Å²) < 4.78 is 0. The summed E-state index contributed by atoms with van der Waals surface area (Å²) in [4.78, 5) is 1.44. The summed E-state index contributed by atoms with van der Waals surface area (Å²) in [6.07, 6.45) is 8.54. The van der Waals surface area contributed by atoms with E-state index in [0.717, 1.165) is 6.42 Å². The van der Waals surface area contributed by atoms with Gasteiger partial charge in [0, 0.05) is 11.5 Å². The second kappa shape index (κ2) is 7.07. The van der Waals surface area contributed by atoms with Crippen LogP contribution >= 0.6 is 11.8 Å². The van der Waals surface area contributed by atoms with Crippen molar-refractivity contribution in [2.24, 2.45) is 0 Å². The van der Waals surface area contributed by atoms with Gasteiger partial charge in [-0.15, -0.1) is 11.8 Å². The predicted molar refractivity (Wildman–Crippen MR) is 74.7 cm³/mol. The van der Waals surface area contributed by atoms with Crippen molar-refractivity contribution in [3.63, 3.8) is 0 Å². The molecule has 1 nitrogen and oxygen atoms in total. The zero-order chi connectivity index (χ0) is 11.9. The van der Waals surface area contributed by atoms with Crippen LogP contribution in [0.1, 0.15) is 43.2 Å². The SMILES string of the molecule is OCCCCCCSc1ccc2c(c1)CCC2. The highest BCUT2D eigenvalue weighted by molar-refractivity contribution is 7.99. The molecule has 0 saturated carbocycles. The fourth-order valence-corrected chi connectivity index (χ4v) is 3.37. The molecule has 0 atom stereocenters. The van der Waals surface area contributed by atoms with Crippen LogP contribution in [0.15, 0.2) is 23.1 Å². The Kier molecular flexibility index (Phi) is 5.40. The predicted octanol–water partition coefficient (Wildman–Crippen LogP) is 3.82. The third kappa shape index (κ3) is 4.04. The summed E-state index contributed by atoms with van der Waals surface area (Å²) >= 11 is 1.98. The van der Waals surface area contributed by atoms with Crippen molar-refractivity contribution < 1.29 is 5.11 Å². The van der Waals surface area contributed by atoms with Crippen molar-refractivity contribution in [3.05, 3.63) is 29.3 Å². The van der Waals surface area contributed by atoms with Crippen LogP contribution in [0.5, 0.6) is 0 Å². The molecule has 0 fully saturated rings. The molecule has 1 aliphatic rings. The molecule has 0 aliphatic heterocycles. The third-order valence-electron chi connectivity index (χ3n) is 3.39. The fourth-order valence-electron chi connectivity index (χ4n) is 2.40. The number of aliphatic hydroxyl groups excluding tert-OH is 1. The molecule has 1 aromatic rings. The lowest BCUT2D eigenvalue weighted by molar-refractivity contribution is 0.283. The molecular weight excluding hydrogens is 228 g/mol. The van der Waals surface area contributed by atoms with Crippen molar-refractivity contribution in [2.45, 2.75) is 49.8 Å². The van der Waals surface area contributed by atoms with Gasteiger partial charge in [0.15, 0.2) is 0 Å². The van der Waals surface area contributed by atoms with E-state index in [2.05, 4.69) is 18.2 Å². The number of unbranched alkanes of at least 4 members (excludes halogenated alkanes) is 3. The topological polar surface area (TPSA) is 20.2 Å². The number of fused-ring (bicyclic) bond motifs is 1. The molecular formula is C15H22OS. The van der Waals surface area contributed by atoms with Gasteiger partial charge in [0.25, 0.3) is 0 Å². The maximum Gasteiger partial charge on any atom is 0.0431 e. The molecule has 1 aliphatic carbocycles. The molecule has 1 aromatic carbocycles. The van der Waals surface area contributed by atoms with Crippen LogP contribution in [0, 0.1) is 0 Å². The molecule has 0 amide bonds. The Bertz CT molecular complexity index is 349. The first-order chi connectivity index (χ1) is 8.40. The van der Waals surface area contributed by atoms with E-state index in [4.69, 9.17) is 5.11 Å². The van der Waals surface area contributed by atoms with Crippen molar-refractivity contribution >= 4 is 11.8 Å². The average molecular weight is 250 g/mol. The molecule has 0 spiro atoms. The standard InChI is InChI=1S/C15H22OS/c16-10-3-1-2-4-11-17-15-9-8-13-6-5-7-14(13)12-15/h8-9,12,16H,1-7,10-11H2. The minimum Gasteiger partial charge on any atom is -0.396 e.